The lowest BCUT2D eigenvalue weighted by molar-refractivity contribution is -0.385. The van der Waals surface area contributed by atoms with Crippen LogP contribution < -0.4 is 4.74 Å². The van der Waals surface area contributed by atoms with E-state index >= 15 is 0 Å². The molecule has 0 aromatic heterocycles. The molecule has 0 fully saturated rings. The summed E-state index contributed by atoms with van der Waals surface area (Å²) in [7, 11) is 0. The molecule has 110 valence electrons. The monoisotopic (exact) mass is 287 g/mol. The van der Waals surface area contributed by atoms with E-state index in [2.05, 4.69) is 0 Å². The Labute approximate surface area is 123 Å². The van der Waals surface area contributed by atoms with E-state index in [1.54, 1.807) is 0 Å². The number of hydrogen-bond acceptors (Lipinski definition) is 4. The molecule has 0 radical (unpaired) electrons. The third kappa shape index (κ3) is 3.03. The van der Waals surface area contributed by atoms with Crippen molar-refractivity contribution in [2.75, 3.05) is 0 Å². The van der Waals surface area contributed by atoms with Crippen LogP contribution in [-0.2, 0) is 6.61 Å². The molecule has 0 saturated carbocycles. The van der Waals surface area contributed by atoms with Gasteiger partial charge < -0.3 is 9.84 Å². The predicted molar refractivity (Wildman–Crippen MR) is 79.7 cm³/mol. The van der Waals surface area contributed by atoms with Gasteiger partial charge >= 0.3 is 0 Å². The van der Waals surface area contributed by atoms with E-state index in [-0.39, 0.29) is 12.3 Å². The predicted octanol–water partition coefficient (Wildman–Crippen LogP) is 3.80. The van der Waals surface area contributed by atoms with E-state index < -0.39 is 4.92 Å². The van der Waals surface area contributed by atoms with E-state index in [1.807, 2.05) is 32.9 Å². The van der Waals surface area contributed by atoms with E-state index in [1.165, 1.54) is 18.2 Å². The minimum absolute atomic E-state index is 0.0657. The number of ether oxygens (including phenoxy) is 1. The maximum atomic E-state index is 10.8. The molecule has 2 aromatic carbocycles. The Bertz CT molecular complexity index is 695. The van der Waals surface area contributed by atoms with Crippen molar-refractivity contribution < 1.29 is 14.8 Å². The first-order valence-corrected chi connectivity index (χ1v) is 6.57. The molecule has 0 atom stereocenters. The first kappa shape index (κ1) is 15.0. The van der Waals surface area contributed by atoms with Crippen molar-refractivity contribution in [1.82, 2.24) is 0 Å². The molecule has 2 rings (SSSR count). The second-order valence-electron chi connectivity index (χ2n) is 4.96. The zero-order valence-corrected chi connectivity index (χ0v) is 12.2. The maximum Gasteiger partial charge on any atom is 0.270 e. The first-order valence-electron chi connectivity index (χ1n) is 6.57. The summed E-state index contributed by atoms with van der Waals surface area (Å²) in [6, 6.07) is 8.19. The van der Waals surface area contributed by atoms with Crippen molar-refractivity contribution in [3.05, 3.63) is 62.7 Å². The number of aryl methyl sites for hydroxylation is 2. The number of hydrogen-bond donors (Lipinski definition) is 1. The second-order valence-corrected chi connectivity index (χ2v) is 4.96. The normalized spacial score (nSPS) is 10.5. The minimum atomic E-state index is -0.494. The summed E-state index contributed by atoms with van der Waals surface area (Å²) in [5.41, 5.74) is 3.41. The lowest BCUT2D eigenvalue weighted by Gasteiger charge is -2.15. The number of nitrogens with zero attached hydrogens (tertiary/aromatic N) is 1. The van der Waals surface area contributed by atoms with E-state index in [0.717, 1.165) is 22.4 Å². The Hall–Kier alpha value is -2.40. The molecular formula is C16H17NO4. The average molecular weight is 287 g/mol. The summed E-state index contributed by atoms with van der Waals surface area (Å²) in [4.78, 5) is 10.3. The standard InChI is InChI=1S/C16H17NO4/c1-10-4-5-11(2)16(12(10)3)21-15-7-6-14(17(19)20)8-13(15)9-18/h4-8,18H,9H2,1-3H3. The van der Waals surface area contributed by atoms with Crippen molar-refractivity contribution in [2.24, 2.45) is 0 Å². The molecule has 0 aliphatic rings. The van der Waals surface area contributed by atoms with Crippen LogP contribution in [0.2, 0.25) is 0 Å². The lowest BCUT2D eigenvalue weighted by Crippen LogP contribution is -1.98. The summed E-state index contributed by atoms with van der Waals surface area (Å²) in [6.45, 7) is 5.57. The van der Waals surface area contributed by atoms with Crippen LogP contribution in [0.1, 0.15) is 22.3 Å². The fraction of sp³-hybridized carbons (Fsp3) is 0.250. The second kappa shape index (κ2) is 5.93. The molecule has 0 spiro atoms. The minimum Gasteiger partial charge on any atom is -0.456 e. The highest BCUT2D eigenvalue weighted by molar-refractivity contribution is 5.50. The van der Waals surface area contributed by atoms with Gasteiger partial charge in [0.25, 0.3) is 5.69 Å². The molecule has 5 nitrogen and oxygen atoms in total. The number of aliphatic hydroxyl groups is 1. The van der Waals surface area contributed by atoms with Gasteiger partial charge in [-0.15, -0.1) is 0 Å². The third-order valence-corrected chi connectivity index (χ3v) is 3.51. The highest BCUT2D eigenvalue weighted by Gasteiger charge is 2.14. The summed E-state index contributed by atoms with van der Waals surface area (Å²) in [5, 5.41) is 20.2. The van der Waals surface area contributed by atoms with Gasteiger partial charge in [0.05, 0.1) is 11.5 Å². The van der Waals surface area contributed by atoms with Gasteiger partial charge in [-0.2, -0.15) is 0 Å². The lowest BCUT2D eigenvalue weighted by atomic mass is 10.1. The van der Waals surface area contributed by atoms with Crippen molar-refractivity contribution in [3.63, 3.8) is 0 Å². The van der Waals surface area contributed by atoms with Crippen LogP contribution in [0.25, 0.3) is 0 Å². The van der Waals surface area contributed by atoms with Gasteiger partial charge in [-0.3, -0.25) is 10.1 Å². The van der Waals surface area contributed by atoms with Crippen LogP contribution >= 0.6 is 0 Å². The highest BCUT2D eigenvalue weighted by atomic mass is 16.6. The van der Waals surface area contributed by atoms with Gasteiger partial charge in [0.2, 0.25) is 0 Å². The average Bonchev–Trinajstić information content (AvgIpc) is 2.47. The summed E-state index contributed by atoms with van der Waals surface area (Å²) >= 11 is 0. The summed E-state index contributed by atoms with van der Waals surface area (Å²) in [6.07, 6.45) is 0. The number of non-ortho nitro benzene ring substituents is 1. The smallest absolute Gasteiger partial charge is 0.270 e. The van der Waals surface area contributed by atoms with Crippen molar-refractivity contribution in [2.45, 2.75) is 27.4 Å². The van der Waals surface area contributed by atoms with Crippen LogP contribution in [0.5, 0.6) is 11.5 Å². The van der Waals surface area contributed by atoms with E-state index in [0.29, 0.717) is 11.3 Å². The largest absolute Gasteiger partial charge is 0.456 e. The quantitative estimate of drug-likeness (QED) is 0.685. The molecule has 0 aliphatic heterocycles. The molecule has 0 aliphatic carbocycles. The van der Waals surface area contributed by atoms with Crippen LogP contribution in [0.3, 0.4) is 0 Å². The fourth-order valence-corrected chi connectivity index (χ4v) is 2.10. The van der Waals surface area contributed by atoms with E-state index in [9.17, 15) is 15.2 Å². The van der Waals surface area contributed by atoms with Gasteiger partial charge in [-0.1, -0.05) is 12.1 Å². The molecule has 2 aromatic rings. The number of aliphatic hydroxyl groups excluding tert-OH is 1. The van der Waals surface area contributed by atoms with Crippen LogP contribution in [0.4, 0.5) is 5.69 Å². The van der Waals surface area contributed by atoms with Crippen molar-refractivity contribution in [1.29, 1.82) is 0 Å². The van der Waals surface area contributed by atoms with Crippen LogP contribution in [0, 0.1) is 30.9 Å². The first-order chi connectivity index (χ1) is 9.93. The van der Waals surface area contributed by atoms with Gasteiger partial charge in [-0.05, 0) is 43.5 Å². The zero-order valence-electron chi connectivity index (χ0n) is 12.2. The summed E-state index contributed by atoms with van der Waals surface area (Å²) < 4.78 is 5.89. The fourth-order valence-electron chi connectivity index (χ4n) is 2.10. The van der Waals surface area contributed by atoms with Crippen LogP contribution in [-0.4, -0.2) is 10.0 Å². The third-order valence-electron chi connectivity index (χ3n) is 3.51. The molecule has 21 heavy (non-hydrogen) atoms. The Kier molecular flexibility index (Phi) is 4.23. The zero-order chi connectivity index (χ0) is 15.6. The number of rotatable bonds is 4. The Balaban J connectivity index is 2.45. The Morgan fingerprint density at radius 1 is 1.14 bits per heavy atom. The Morgan fingerprint density at radius 2 is 1.81 bits per heavy atom. The maximum absolute atomic E-state index is 10.8. The van der Waals surface area contributed by atoms with E-state index in [4.69, 9.17) is 4.74 Å². The number of nitro benzene ring substituents is 1. The molecule has 0 unspecified atom stereocenters. The van der Waals surface area contributed by atoms with Crippen molar-refractivity contribution >= 4 is 5.69 Å². The number of benzene rings is 2. The number of nitro groups is 1. The van der Waals surface area contributed by atoms with Gasteiger partial charge in [-0.25, -0.2) is 0 Å². The molecule has 0 amide bonds. The molecule has 0 heterocycles. The molecule has 5 heteroatoms. The van der Waals surface area contributed by atoms with Gasteiger partial charge in [0.1, 0.15) is 11.5 Å². The topological polar surface area (TPSA) is 72.6 Å². The molecular weight excluding hydrogens is 270 g/mol. The molecule has 1 N–H and O–H groups in total. The Morgan fingerprint density at radius 3 is 2.43 bits per heavy atom. The molecule has 0 saturated heterocycles. The van der Waals surface area contributed by atoms with Gasteiger partial charge in [0.15, 0.2) is 0 Å². The summed E-state index contributed by atoms with van der Waals surface area (Å²) in [5.74, 6) is 1.15. The highest BCUT2D eigenvalue weighted by Crippen LogP contribution is 2.33. The van der Waals surface area contributed by atoms with Gasteiger partial charge in [0, 0.05) is 17.7 Å². The molecule has 0 bridgehead atoms. The van der Waals surface area contributed by atoms with Crippen molar-refractivity contribution in [3.8, 4) is 11.5 Å². The SMILES string of the molecule is Cc1ccc(C)c(Oc2ccc([N+](=O)[O-])cc2CO)c1C. The van der Waals surface area contributed by atoms with Crippen LogP contribution in [0.15, 0.2) is 30.3 Å².